The first-order valence-electron chi connectivity index (χ1n) is 4.32. The number of nitrogens with two attached hydrogens (primary N) is 1. The lowest BCUT2D eigenvalue weighted by atomic mass is 9.89. The fourth-order valence-electron chi connectivity index (χ4n) is 2.25. The Balaban J connectivity index is 2.34. The molecule has 0 aromatic carbocycles. The van der Waals surface area contributed by atoms with Crippen molar-refractivity contribution in [3.63, 3.8) is 0 Å². The van der Waals surface area contributed by atoms with Crippen molar-refractivity contribution < 1.29 is 9.53 Å². The maximum Gasteiger partial charge on any atom is 0.406 e. The molecule has 2 aliphatic carbocycles. The number of nitrogens with zero attached hydrogens (tertiary/aromatic N) is 1. The smallest absolute Gasteiger partial charge is 0.406 e. The molecule has 0 saturated heterocycles. The highest BCUT2D eigenvalue weighted by Crippen LogP contribution is 2.50. The zero-order valence-electron chi connectivity index (χ0n) is 7.31. The van der Waals surface area contributed by atoms with Gasteiger partial charge in [0.2, 0.25) is 5.60 Å². The molecule has 2 N–H and O–H groups in total. The van der Waals surface area contributed by atoms with Gasteiger partial charge in [-0.2, -0.15) is 5.26 Å². The third-order valence-electron chi connectivity index (χ3n) is 2.90. The quantitative estimate of drug-likeness (QED) is 0.523. The summed E-state index contributed by atoms with van der Waals surface area (Å²) in [5, 5.41) is 8.57. The van der Waals surface area contributed by atoms with Crippen LogP contribution in [-0.4, -0.2) is 17.1 Å². The van der Waals surface area contributed by atoms with Gasteiger partial charge in [-0.15, -0.1) is 11.6 Å². The van der Waals surface area contributed by atoms with Crippen molar-refractivity contribution in [3.05, 3.63) is 12.2 Å². The molecule has 14 heavy (non-hydrogen) atoms. The molecule has 4 unspecified atom stereocenters. The van der Waals surface area contributed by atoms with E-state index in [2.05, 4.69) is 0 Å². The second-order valence-electron chi connectivity index (χ2n) is 3.62. The second kappa shape index (κ2) is 2.89. The van der Waals surface area contributed by atoms with Gasteiger partial charge in [-0.05, 0) is 12.3 Å². The third kappa shape index (κ3) is 1.02. The van der Waals surface area contributed by atoms with Gasteiger partial charge in [0.25, 0.3) is 0 Å². The predicted octanol–water partition coefficient (Wildman–Crippen LogP) is 1.16. The van der Waals surface area contributed by atoms with Crippen molar-refractivity contribution in [1.82, 2.24) is 0 Å². The van der Waals surface area contributed by atoms with Gasteiger partial charge in [0.1, 0.15) is 6.07 Å². The van der Waals surface area contributed by atoms with Gasteiger partial charge < -0.3 is 10.5 Å². The number of nitriles is 1. The molecule has 4 atom stereocenters. The van der Waals surface area contributed by atoms with Crippen LogP contribution in [0.15, 0.2) is 12.2 Å². The number of ether oxygens (including phenoxy) is 1. The van der Waals surface area contributed by atoms with E-state index in [1.165, 1.54) is 0 Å². The molecule has 0 radical (unpaired) electrons. The Morgan fingerprint density at radius 3 is 2.86 bits per heavy atom. The van der Waals surface area contributed by atoms with Crippen molar-refractivity contribution in [1.29, 1.82) is 5.26 Å². The van der Waals surface area contributed by atoms with Crippen LogP contribution in [0.2, 0.25) is 0 Å². The number of primary amides is 1. The molecule has 0 spiro atoms. The molecule has 1 saturated carbocycles. The molecule has 74 valence electrons. The molecular weight excluding hydrogens is 204 g/mol. The Bertz CT molecular complexity index is 349. The number of amides is 1. The van der Waals surface area contributed by atoms with E-state index >= 15 is 0 Å². The van der Waals surface area contributed by atoms with Gasteiger partial charge in [-0.1, -0.05) is 12.2 Å². The maximum absolute atomic E-state index is 10.7. The Morgan fingerprint density at radius 2 is 2.43 bits per heavy atom. The zero-order chi connectivity index (χ0) is 10.3. The van der Waals surface area contributed by atoms with Crippen LogP contribution in [0, 0.1) is 23.2 Å². The van der Waals surface area contributed by atoms with E-state index in [0.717, 1.165) is 6.42 Å². The summed E-state index contributed by atoms with van der Waals surface area (Å²) in [5.74, 6) is -0.00633. The van der Waals surface area contributed by atoms with Crippen LogP contribution in [0.1, 0.15) is 6.42 Å². The lowest BCUT2D eigenvalue weighted by Crippen LogP contribution is -2.46. The van der Waals surface area contributed by atoms with Crippen molar-refractivity contribution in [3.8, 4) is 6.07 Å². The number of hydrogen-bond acceptors (Lipinski definition) is 3. The molecule has 0 heterocycles. The average molecular weight is 213 g/mol. The van der Waals surface area contributed by atoms with Crippen LogP contribution in [0.25, 0.3) is 0 Å². The van der Waals surface area contributed by atoms with Gasteiger partial charge >= 0.3 is 6.09 Å². The Hall–Kier alpha value is -1.21. The number of rotatable bonds is 1. The minimum Gasteiger partial charge on any atom is -0.425 e. The second-order valence-corrected chi connectivity index (χ2v) is 4.09. The summed E-state index contributed by atoms with van der Waals surface area (Å²) in [6.07, 6.45) is 3.64. The SMILES string of the molecule is N#CC1(OC(N)=O)C2C=CC(C2)C1Cl. The molecule has 0 aromatic heterocycles. The minimum atomic E-state index is -1.26. The first kappa shape index (κ1) is 9.35. The molecule has 2 rings (SSSR count). The molecule has 2 bridgehead atoms. The van der Waals surface area contributed by atoms with E-state index in [1.807, 2.05) is 18.2 Å². The summed E-state index contributed by atoms with van der Waals surface area (Å²) >= 11 is 6.07. The number of fused-ring (bicyclic) bond motifs is 2. The number of allylic oxidation sites excluding steroid dienone is 1. The van der Waals surface area contributed by atoms with Crippen LogP contribution in [0.5, 0.6) is 0 Å². The van der Waals surface area contributed by atoms with Crippen molar-refractivity contribution >= 4 is 17.7 Å². The topological polar surface area (TPSA) is 76.1 Å². The molecule has 0 aliphatic heterocycles. The van der Waals surface area contributed by atoms with Crippen LogP contribution in [0.3, 0.4) is 0 Å². The summed E-state index contributed by atoms with van der Waals surface area (Å²) in [6, 6.07) is 1.98. The molecule has 2 aliphatic rings. The van der Waals surface area contributed by atoms with Crippen LogP contribution >= 0.6 is 11.6 Å². The highest BCUT2D eigenvalue weighted by molar-refractivity contribution is 6.22. The average Bonchev–Trinajstić information content (AvgIpc) is 2.68. The lowest BCUT2D eigenvalue weighted by Gasteiger charge is -2.30. The van der Waals surface area contributed by atoms with Crippen molar-refractivity contribution in [2.45, 2.75) is 17.4 Å². The van der Waals surface area contributed by atoms with Crippen LogP contribution < -0.4 is 5.73 Å². The van der Waals surface area contributed by atoms with Crippen LogP contribution in [-0.2, 0) is 4.74 Å². The first-order valence-corrected chi connectivity index (χ1v) is 4.76. The number of alkyl halides is 1. The third-order valence-corrected chi connectivity index (χ3v) is 3.55. The summed E-state index contributed by atoms with van der Waals surface area (Å²) < 4.78 is 4.89. The predicted molar refractivity (Wildman–Crippen MR) is 49.4 cm³/mol. The lowest BCUT2D eigenvalue weighted by molar-refractivity contribution is 0.0434. The number of halogens is 1. The molecule has 4 nitrogen and oxygen atoms in total. The van der Waals surface area contributed by atoms with Gasteiger partial charge in [0.15, 0.2) is 0 Å². The Kier molecular flexibility index (Phi) is 1.93. The van der Waals surface area contributed by atoms with Gasteiger partial charge in [0, 0.05) is 5.92 Å². The van der Waals surface area contributed by atoms with Gasteiger partial charge in [0.05, 0.1) is 5.38 Å². The standard InChI is InChI=1S/C9H9ClN2O2/c10-7-5-1-2-6(3-5)9(7,4-11)14-8(12)13/h1-2,5-7H,3H2,(H2,12,13). The summed E-state index contributed by atoms with van der Waals surface area (Å²) in [4.78, 5) is 10.7. The fourth-order valence-corrected chi connectivity index (χ4v) is 2.69. The fraction of sp³-hybridized carbons (Fsp3) is 0.556. The largest absolute Gasteiger partial charge is 0.425 e. The molecule has 0 aromatic rings. The highest BCUT2D eigenvalue weighted by Gasteiger charge is 2.59. The maximum atomic E-state index is 10.7. The summed E-state index contributed by atoms with van der Waals surface area (Å²) in [7, 11) is 0. The minimum absolute atomic E-state index is 0.112. The summed E-state index contributed by atoms with van der Waals surface area (Å²) in [5.41, 5.74) is 3.67. The number of hydrogen-bond donors (Lipinski definition) is 1. The summed E-state index contributed by atoms with van der Waals surface area (Å²) in [6.45, 7) is 0. The van der Waals surface area contributed by atoms with E-state index < -0.39 is 17.1 Å². The van der Waals surface area contributed by atoms with Gasteiger partial charge in [-0.3, -0.25) is 0 Å². The van der Waals surface area contributed by atoms with Gasteiger partial charge in [-0.25, -0.2) is 4.79 Å². The van der Waals surface area contributed by atoms with Crippen molar-refractivity contribution in [2.75, 3.05) is 0 Å². The first-order chi connectivity index (χ1) is 6.60. The van der Waals surface area contributed by atoms with Crippen molar-refractivity contribution in [2.24, 2.45) is 17.6 Å². The Morgan fingerprint density at radius 1 is 1.71 bits per heavy atom. The molecular formula is C9H9ClN2O2. The van der Waals surface area contributed by atoms with E-state index in [0.29, 0.717) is 0 Å². The molecule has 1 fully saturated rings. The van der Waals surface area contributed by atoms with E-state index in [-0.39, 0.29) is 11.8 Å². The van der Waals surface area contributed by atoms with Crippen LogP contribution in [0.4, 0.5) is 4.79 Å². The molecule has 1 amide bonds. The number of carbonyl (C=O) groups is 1. The van der Waals surface area contributed by atoms with E-state index in [9.17, 15) is 4.79 Å². The normalized spacial score (nSPS) is 43.6. The zero-order valence-corrected chi connectivity index (χ0v) is 8.07. The van der Waals surface area contributed by atoms with E-state index in [1.54, 1.807) is 0 Å². The number of carbonyl (C=O) groups excluding carboxylic acids is 1. The Labute approximate surface area is 86.3 Å². The highest BCUT2D eigenvalue weighted by atomic mass is 35.5. The van der Waals surface area contributed by atoms with E-state index in [4.69, 9.17) is 27.3 Å². The monoisotopic (exact) mass is 212 g/mol. The molecule has 5 heteroatoms.